The average molecular weight is 248 g/mol. The fourth-order valence-corrected chi connectivity index (χ4v) is 1.50. The summed E-state index contributed by atoms with van der Waals surface area (Å²) in [4.78, 5) is 6.42. The van der Waals surface area contributed by atoms with Crippen molar-refractivity contribution in [2.75, 3.05) is 18.6 Å². The van der Waals surface area contributed by atoms with E-state index in [1.54, 1.807) is 6.20 Å². The highest BCUT2D eigenvalue weighted by Crippen LogP contribution is 2.25. The number of pyridine rings is 1. The van der Waals surface area contributed by atoms with Crippen LogP contribution in [0, 0.1) is 5.92 Å². The number of nitrogens with zero attached hydrogens (tertiary/aromatic N) is 2. The monoisotopic (exact) mass is 248 g/mol. The third kappa shape index (κ3) is 4.40. The van der Waals surface area contributed by atoms with Crippen LogP contribution in [0.3, 0.4) is 0 Å². The molecule has 0 radical (unpaired) electrons. The number of anilines is 1. The Balaban J connectivity index is 2.87. The molecule has 0 saturated heterocycles. The van der Waals surface area contributed by atoms with Crippen molar-refractivity contribution in [3.8, 4) is 5.75 Å². The quantitative estimate of drug-likeness (QED) is 0.764. The number of allylic oxidation sites excluding steroid dienone is 1. The van der Waals surface area contributed by atoms with Gasteiger partial charge in [-0.05, 0) is 31.4 Å². The third-order valence-electron chi connectivity index (χ3n) is 2.63. The molecule has 0 N–H and O–H groups in total. The summed E-state index contributed by atoms with van der Waals surface area (Å²) in [5.41, 5.74) is 1.32. The van der Waals surface area contributed by atoms with Crippen molar-refractivity contribution in [2.24, 2.45) is 5.92 Å². The molecule has 1 heterocycles. The van der Waals surface area contributed by atoms with E-state index in [9.17, 15) is 0 Å². The Bertz CT molecular complexity index is 399. The van der Waals surface area contributed by atoms with Crippen molar-refractivity contribution >= 4 is 5.82 Å². The van der Waals surface area contributed by atoms with Gasteiger partial charge in [0.2, 0.25) is 0 Å². The molecule has 1 rings (SSSR count). The zero-order valence-electron chi connectivity index (χ0n) is 12.1. The Morgan fingerprint density at radius 1 is 1.50 bits per heavy atom. The first-order valence-corrected chi connectivity index (χ1v) is 6.52. The number of ether oxygens (including phenoxy) is 1. The van der Waals surface area contributed by atoms with E-state index in [0.717, 1.165) is 18.0 Å². The van der Waals surface area contributed by atoms with Crippen molar-refractivity contribution in [3.63, 3.8) is 0 Å². The second kappa shape index (κ2) is 7.04. The molecule has 0 unspecified atom stereocenters. The lowest BCUT2D eigenvalue weighted by Gasteiger charge is -2.19. The molecule has 0 aromatic carbocycles. The maximum Gasteiger partial charge on any atom is 0.175 e. The third-order valence-corrected chi connectivity index (χ3v) is 2.63. The van der Waals surface area contributed by atoms with Crippen molar-refractivity contribution < 1.29 is 4.74 Å². The Morgan fingerprint density at radius 2 is 2.22 bits per heavy atom. The molecule has 1 aromatic rings. The SMILES string of the molecule is CC/C(C)=C\N(C)c1ncccc1OCC(C)C. The van der Waals surface area contributed by atoms with E-state index in [4.69, 9.17) is 4.74 Å². The van der Waals surface area contributed by atoms with Gasteiger partial charge in [-0.15, -0.1) is 0 Å². The van der Waals surface area contributed by atoms with Crippen LogP contribution in [0.5, 0.6) is 5.75 Å². The van der Waals surface area contributed by atoms with Crippen LogP contribution in [0.25, 0.3) is 0 Å². The van der Waals surface area contributed by atoms with Gasteiger partial charge in [-0.3, -0.25) is 0 Å². The van der Waals surface area contributed by atoms with Crippen molar-refractivity contribution in [3.05, 3.63) is 30.1 Å². The van der Waals surface area contributed by atoms with Crippen LogP contribution in [0.2, 0.25) is 0 Å². The van der Waals surface area contributed by atoms with Gasteiger partial charge >= 0.3 is 0 Å². The van der Waals surface area contributed by atoms with Gasteiger partial charge in [-0.1, -0.05) is 26.3 Å². The molecule has 18 heavy (non-hydrogen) atoms. The van der Waals surface area contributed by atoms with Crippen LogP contribution >= 0.6 is 0 Å². The predicted octanol–water partition coefficient (Wildman–Crippen LogP) is 3.87. The summed E-state index contributed by atoms with van der Waals surface area (Å²) in [6, 6.07) is 3.87. The molecular formula is C15H24N2O. The number of hydrogen-bond donors (Lipinski definition) is 0. The summed E-state index contributed by atoms with van der Waals surface area (Å²) in [6.07, 6.45) is 4.94. The summed E-state index contributed by atoms with van der Waals surface area (Å²) in [6.45, 7) is 9.26. The molecule has 0 bridgehead atoms. The first-order chi connectivity index (χ1) is 8.54. The molecule has 0 spiro atoms. The molecule has 0 aliphatic carbocycles. The fourth-order valence-electron chi connectivity index (χ4n) is 1.50. The maximum absolute atomic E-state index is 5.80. The zero-order chi connectivity index (χ0) is 13.5. The Hall–Kier alpha value is -1.51. The van der Waals surface area contributed by atoms with Gasteiger partial charge in [0, 0.05) is 19.4 Å². The molecule has 0 aliphatic heterocycles. The lowest BCUT2D eigenvalue weighted by Crippen LogP contribution is -2.14. The predicted molar refractivity (Wildman–Crippen MR) is 77.0 cm³/mol. The normalized spacial score (nSPS) is 11.8. The first kappa shape index (κ1) is 14.6. The van der Waals surface area contributed by atoms with Gasteiger partial charge in [-0.25, -0.2) is 4.98 Å². The summed E-state index contributed by atoms with van der Waals surface area (Å²) >= 11 is 0. The second-order valence-corrected chi connectivity index (χ2v) is 4.97. The summed E-state index contributed by atoms with van der Waals surface area (Å²) in [7, 11) is 2.00. The molecular weight excluding hydrogens is 224 g/mol. The minimum atomic E-state index is 0.510. The summed E-state index contributed by atoms with van der Waals surface area (Å²) in [5.74, 6) is 2.22. The van der Waals surface area contributed by atoms with Crippen molar-refractivity contribution in [1.82, 2.24) is 4.98 Å². The largest absolute Gasteiger partial charge is 0.489 e. The first-order valence-electron chi connectivity index (χ1n) is 6.52. The minimum Gasteiger partial charge on any atom is -0.489 e. The molecule has 0 aliphatic rings. The van der Waals surface area contributed by atoms with Crippen LogP contribution in [0.15, 0.2) is 30.1 Å². The van der Waals surface area contributed by atoms with E-state index in [2.05, 4.69) is 38.9 Å². The van der Waals surface area contributed by atoms with Gasteiger partial charge in [0.05, 0.1) is 6.61 Å². The Morgan fingerprint density at radius 3 is 2.83 bits per heavy atom. The molecule has 3 nitrogen and oxygen atoms in total. The van der Waals surface area contributed by atoms with Crippen LogP contribution in [-0.4, -0.2) is 18.6 Å². The number of hydrogen-bond acceptors (Lipinski definition) is 3. The molecule has 3 heteroatoms. The topological polar surface area (TPSA) is 25.4 Å². The summed E-state index contributed by atoms with van der Waals surface area (Å²) in [5, 5.41) is 0. The highest BCUT2D eigenvalue weighted by Gasteiger charge is 2.08. The number of aromatic nitrogens is 1. The molecule has 1 aromatic heterocycles. The molecule has 0 amide bonds. The molecule has 0 saturated carbocycles. The Kier molecular flexibility index (Phi) is 5.69. The van der Waals surface area contributed by atoms with Crippen molar-refractivity contribution in [2.45, 2.75) is 34.1 Å². The highest BCUT2D eigenvalue weighted by molar-refractivity contribution is 5.53. The standard InChI is InChI=1S/C15H24N2O/c1-6-13(4)10-17(5)15-14(8-7-9-16-15)18-11-12(2)3/h7-10,12H,6,11H2,1-5H3/b13-10-. The number of rotatable bonds is 6. The highest BCUT2D eigenvalue weighted by atomic mass is 16.5. The van der Waals surface area contributed by atoms with Crippen LogP contribution in [0.1, 0.15) is 34.1 Å². The average Bonchev–Trinajstić information content (AvgIpc) is 2.36. The Labute approximate surface area is 110 Å². The van der Waals surface area contributed by atoms with E-state index in [1.807, 2.05) is 24.1 Å². The molecule has 100 valence electrons. The van der Waals surface area contributed by atoms with E-state index in [-0.39, 0.29) is 0 Å². The van der Waals surface area contributed by atoms with Gasteiger partial charge in [0.25, 0.3) is 0 Å². The molecule has 0 atom stereocenters. The smallest absolute Gasteiger partial charge is 0.175 e. The van der Waals surface area contributed by atoms with Gasteiger partial charge in [0.15, 0.2) is 11.6 Å². The fraction of sp³-hybridized carbons (Fsp3) is 0.533. The van der Waals surface area contributed by atoms with Gasteiger partial charge in [-0.2, -0.15) is 0 Å². The van der Waals surface area contributed by atoms with E-state index >= 15 is 0 Å². The second-order valence-electron chi connectivity index (χ2n) is 4.97. The maximum atomic E-state index is 5.80. The lowest BCUT2D eigenvalue weighted by atomic mass is 10.2. The van der Waals surface area contributed by atoms with Gasteiger partial charge in [0.1, 0.15) is 0 Å². The van der Waals surface area contributed by atoms with E-state index in [0.29, 0.717) is 12.5 Å². The van der Waals surface area contributed by atoms with E-state index < -0.39 is 0 Å². The molecule has 0 fully saturated rings. The zero-order valence-corrected chi connectivity index (χ0v) is 12.1. The summed E-state index contributed by atoms with van der Waals surface area (Å²) < 4.78 is 5.80. The van der Waals surface area contributed by atoms with Crippen LogP contribution in [-0.2, 0) is 0 Å². The van der Waals surface area contributed by atoms with Crippen molar-refractivity contribution in [1.29, 1.82) is 0 Å². The van der Waals surface area contributed by atoms with Crippen LogP contribution in [0.4, 0.5) is 5.82 Å². The lowest BCUT2D eigenvalue weighted by molar-refractivity contribution is 0.271. The van der Waals surface area contributed by atoms with E-state index in [1.165, 1.54) is 5.57 Å². The minimum absolute atomic E-state index is 0.510. The van der Waals surface area contributed by atoms with Crippen LogP contribution < -0.4 is 9.64 Å². The van der Waals surface area contributed by atoms with Gasteiger partial charge < -0.3 is 9.64 Å².